The molecule has 1 aliphatic carbocycles. The van der Waals surface area contributed by atoms with E-state index in [2.05, 4.69) is 0 Å². The van der Waals surface area contributed by atoms with Gasteiger partial charge in [0.15, 0.2) is 0 Å². The Hall–Kier alpha value is -0.570. The van der Waals surface area contributed by atoms with Crippen LogP contribution < -0.4 is 0 Å². The lowest BCUT2D eigenvalue weighted by Crippen LogP contribution is -2.07. The summed E-state index contributed by atoms with van der Waals surface area (Å²) in [5, 5.41) is 8.62. The van der Waals surface area contributed by atoms with E-state index in [1.165, 1.54) is 0 Å². The van der Waals surface area contributed by atoms with Gasteiger partial charge in [-0.1, -0.05) is 0 Å². The molecule has 1 saturated carbocycles. The Labute approximate surface area is 52.6 Å². The van der Waals surface area contributed by atoms with Crippen LogP contribution in [0.3, 0.4) is 0 Å². The molecule has 0 bridgehead atoms. The number of fused-ring (bicyclic) bond motifs is 1. The summed E-state index contributed by atoms with van der Waals surface area (Å²) in [5.41, 5.74) is 0. The summed E-state index contributed by atoms with van der Waals surface area (Å²) in [5.74, 6) is 0.516. The summed E-state index contributed by atoms with van der Waals surface area (Å²) in [6.07, 6.45) is 0. The average molecular weight is 128 g/mol. The van der Waals surface area contributed by atoms with E-state index in [0.29, 0.717) is 12.5 Å². The minimum atomic E-state index is -0.112. The van der Waals surface area contributed by atoms with Crippen LogP contribution in [0.4, 0.5) is 0 Å². The fourth-order valence-corrected chi connectivity index (χ4v) is 1.55. The quantitative estimate of drug-likeness (QED) is 0.479. The molecule has 0 aromatic heterocycles. The smallest absolute Gasteiger partial charge is 0.309 e. The molecular formula is C6H8O3. The van der Waals surface area contributed by atoms with E-state index in [1.807, 2.05) is 0 Å². The van der Waals surface area contributed by atoms with Gasteiger partial charge < -0.3 is 9.84 Å². The molecule has 3 nitrogen and oxygen atoms in total. The monoisotopic (exact) mass is 128 g/mol. The van der Waals surface area contributed by atoms with E-state index in [4.69, 9.17) is 9.84 Å². The van der Waals surface area contributed by atoms with Crippen molar-refractivity contribution in [2.75, 3.05) is 13.2 Å². The summed E-state index contributed by atoms with van der Waals surface area (Å²) in [4.78, 5) is 10.7. The van der Waals surface area contributed by atoms with E-state index in [-0.39, 0.29) is 24.4 Å². The van der Waals surface area contributed by atoms with Gasteiger partial charge in [-0.05, 0) is 0 Å². The Morgan fingerprint density at radius 2 is 2.56 bits per heavy atom. The van der Waals surface area contributed by atoms with E-state index < -0.39 is 0 Å². The van der Waals surface area contributed by atoms with Crippen molar-refractivity contribution in [3.63, 3.8) is 0 Å². The number of hydrogen-bond acceptors (Lipinski definition) is 3. The Morgan fingerprint density at radius 1 is 1.78 bits per heavy atom. The predicted molar refractivity (Wildman–Crippen MR) is 28.5 cm³/mol. The molecule has 2 rings (SSSR count). The molecule has 3 heteroatoms. The minimum Gasteiger partial charge on any atom is -0.465 e. The van der Waals surface area contributed by atoms with Crippen LogP contribution in [-0.4, -0.2) is 24.3 Å². The SMILES string of the molecule is O=C1OCC2C(CO)C12. The predicted octanol–water partition coefficient (Wildman–Crippen LogP) is -0.602. The topological polar surface area (TPSA) is 46.5 Å². The van der Waals surface area contributed by atoms with Gasteiger partial charge in [-0.3, -0.25) is 4.79 Å². The van der Waals surface area contributed by atoms with E-state index in [1.54, 1.807) is 0 Å². The number of carbonyl (C=O) groups excluding carboxylic acids is 1. The van der Waals surface area contributed by atoms with Gasteiger partial charge in [-0.2, -0.15) is 0 Å². The van der Waals surface area contributed by atoms with Crippen LogP contribution in [0.15, 0.2) is 0 Å². The first-order valence-corrected chi connectivity index (χ1v) is 3.12. The highest BCUT2D eigenvalue weighted by molar-refractivity contribution is 5.79. The molecule has 9 heavy (non-hydrogen) atoms. The molecule has 1 heterocycles. The maximum atomic E-state index is 10.7. The maximum absolute atomic E-state index is 10.7. The standard InChI is InChI=1S/C6H8O3/c7-1-3-4-2-9-6(8)5(3)4/h3-5,7H,1-2H2. The Kier molecular flexibility index (Phi) is 0.858. The van der Waals surface area contributed by atoms with Crippen molar-refractivity contribution in [3.8, 4) is 0 Å². The number of rotatable bonds is 1. The van der Waals surface area contributed by atoms with Gasteiger partial charge in [0.1, 0.15) is 0 Å². The number of aliphatic hydroxyl groups excluding tert-OH is 1. The summed E-state index contributed by atoms with van der Waals surface area (Å²) in [7, 11) is 0. The van der Waals surface area contributed by atoms with Gasteiger partial charge >= 0.3 is 5.97 Å². The Balaban J connectivity index is 2.06. The van der Waals surface area contributed by atoms with Crippen LogP contribution in [0.5, 0.6) is 0 Å². The number of esters is 1. The van der Waals surface area contributed by atoms with Crippen molar-refractivity contribution in [1.82, 2.24) is 0 Å². The van der Waals surface area contributed by atoms with Crippen LogP contribution >= 0.6 is 0 Å². The molecule has 3 atom stereocenters. The molecule has 2 aliphatic rings. The fraction of sp³-hybridized carbons (Fsp3) is 0.833. The first kappa shape index (κ1) is 5.23. The van der Waals surface area contributed by atoms with Gasteiger partial charge in [0.25, 0.3) is 0 Å². The third kappa shape index (κ3) is 0.525. The molecule has 50 valence electrons. The molecule has 2 fully saturated rings. The third-order valence-corrected chi connectivity index (χ3v) is 2.23. The summed E-state index contributed by atoms with van der Waals surface area (Å²) in [6, 6.07) is 0. The molecule has 3 unspecified atom stereocenters. The van der Waals surface area contributed by atoms with Gasteiger partial charge in [0.2, 0.25) is 0 Å². The summed E-state index contributed by atoms with van der Waals surface area (Å²) >= 11 is 0. The van der Waals surface area contributed by atoms with E-state index in [0.717, 1.165) is 0 Å². The van der Waals surface area contributed by atoms with Crippen LogP contribution in [0.1, 0.15) is 0 Å². The highest BCUT2D eigenvalue weighted by Crippen LogP contribution is 2.50. The first-order valence-electron chi connectivity index (χ1n) is 3.12. The zero-order chi connectivity index (χ0) is 6.43. The Morgan fingerprint density at radius 3 is 2.89 bits per heavy atom. The molecule has 1 saturated heterocycles. The van der Waals surface area contributed by atoms with Gasteiger partial charge in [-0.25, -0.2) is 0 Å². The van der Waals surface area contributed by atoms with Gasteiger partial charge in [0, 0.05) is 18.4 Å². The highest BCUT2D eigenvalue weighted by atomic mass is 16.5. The van der Waals surface area contributed by atoms with Gasteiger partial charge in [0.05, 0.1) is 12.5 Å². The zero-order valence-electron chi connectivity index (χ0n) is 4.91. The maximum Gasteiger partial charge on any atom is 0.309 e. The number of aliphatic hydroxyl groups is 1. The second kappa shape index (κ2) is 1.48. The summed E-state index contributed by atoms with van der Waals surface area (Å²) in [6.45, 7) is 0.680. The second-order valence-corrected chi connectivity index (χ2v) is 2.67. The molecule has 1 aliphatic heterocycles. The molecule has 1 N–H and O–H groups in total. The summed E-state index contributed by atoms with van der Waals surface area (Å²) < 4.78 is 4.70. The van der Waals surface area contributed by atoms with Crippen molar-refractivity contribution in [3.05, 3.63) is 0 Å². The van der Waals surface area contributed by atoms with Crippen molar-refractivity contribution < 1.29 is 14.6 Å². The third-order valence-electron chi connectivity index (χ3n) is 2.23. The van der Waals surface area contributed by atoms with Gasteiger partial charge in [-0.15, -0.1) is 0 Å². The van der Waals surface area contributed by atoms with E-state index in [9.17, 15) is 4.79 Å². The molecule has 0 spiro atoms. The first-order chi connectivity index (χ1) is 4.34. The minimum absolute atomic E-state index is 0.0509. The number of ether oxygens (including phenoxy) is 1. The van der Waals surface area contributed by atoms with Crippen LogP contribution in [0.25, 0.3) is 0 Å². The molecular weight excluding hydrogens is 120 g/mol. The molecule has 0 aromatic rings. The Bertz CT molecular complexity index is 150. The lowest BCUT2D eigenvalue weighted by Gasteiger charge is -1.97. The van der Waals surface area contributed by atoms with Crippen LogP contribution in [-0.2, 0) is 9.53 Å². The van der Waals surface area contributed by atoms with Crippen LogP contribution in [0, 0.1) is 17.8 Å². The van der Waals surface area contributed by atoms with Crippen molar-refractivity contribution in [2.45, 2.75) is 0 Å². The molecule has 0 amide bonds. The molecule has 0 aromatic carbocycles. The molecule has 0 radical (unpaired) electrons. The lowest BCUT2D eigenvalue weighted by molar-refractivity contribution is -0.142. The highest BCUT2D eigenvalue weighted by Gasteiger charge is 2.60. The lowest BCUT2D eigenvalue weighted by atomic mass is 10.3. The van der Waals surface area contributed by atoms with E-state index >= 15 is 0 Å². The number of cyclic esters (lactones) is 1. The fourth-order valence-electron chi connectivity index (χ4n) is 1.55. The average Bonchev–Trinajstić information content (AvgIpc) is 2.46. The zero-order valence-corrected chi connectivity index (χ0v) is 4.91. The van der Waals surface area contributed by atoms with Crippen molar-refractivity contribution >= 4 is 5.97 Å². The van der Waals surface area contributed by atoms with Crippen molar-refractivity contribution in [1.29, 1.82) is 0 Å². The van der Waals surface area contributed by atoms with Crippen molar-refractivity contribution in [2.24, 2.45) is 17.8 Å². The number of carbonyl (C=O) groups is 1. The van der Waals surface area contributed by atoms with Crippen LogP contribution in [0.2, 0.25) is 0 Å². The number of hydrogen-bond donors (Lipinski definition) is 1. The second-order valence-electron chi connectivity index (χ2n) is 2.67. The normalized spacial score (nSPS) is 46.3. The largest absolute Gasteiger partial charge is 0.465 e.